The molecule has 1 atom stereocenters. The Kier molecular flexibility index (Phi) is 3.41. The summed E-state index contributed by atoms with van der Waals surface area (Å²) in [4.78, 5) is 14.9. The van der Waals surface area contributed by atoms with Crippen LogP contribution in [-0.4, -0.2) is 17.1 Å². The lowest BCUT2D eigenvalue weighted by atomic mass is 10.1. The Morgan fingerprint density at radius 3 is 2.75 bits per heavy atom. The summed E-state index contributed by atoms with van der Waals surface area (Å²) in [6.07, 6.45) is 2.24. The molecule has 3 aromatic rings. The van der Waals surface area contributed by atoms with E-state index in [9.17, 15) is 9.18 Å². The highest BCUT2D eigenvalue weighted by Crippen LogP contribution is 2.34. The lowest BCUT2D eigenvalue weighted by molar-refractivity contribution is 0.0981. The molecule has 0 saturated heterocycles. The number of fused-ring (bicyclic) bond motifs is 1. The van der Waals surface area contributed by atoms with Crippen LogP contribution in [0.3, 0.4) is 0 Å². The van der Waals surface area contributed by atoms with Gasteiger partial charge in [-0.2, -0.15) is 0 Å². The number of carbonyl (C=O) groups excluding carboxylic acids is 1. The minimum Gasteiger partial charge on any atom is -0.355 e. The van der Waals surface area contributed by atoms with E-state index in [1.165, 1.54) is 18.3 Å². The summed E-state index contributed by atoms with van der Waals surface area (Å²) in [6, 6.07) is 13.8. The molecule has 1 amide bonds. The van der Waals surface area contributed by atoms with Crippen molar-refractivity contribution in [2.45, 2.75) is 19.4 Å². The monoisotopic (exact) mass is 322 g/mol. The van der Waals surface area contributed by atoms with Crippen molar-refractivity contribution in [3.05, 3.63) is 71.7 Å². The van der Waals surface area contributed by atoms with Gasteiger partial charge in [0.1, 0.15) is 11.4 Å². The summed E-state index contributed by atoms with van der Waals surface area (Å²) in [5, 5.41) is 3.78. The molecule has 2 aromatic carbocycles. The Bertz CT molecular complexity index is 902. The molecule has 0 spiro atoms. The van der Waals surface area contributed by atoms with Gasteiger partial charge in [-0.1, -0.05) is 23.4 Å². The van der Waals surface area contributed by atoms with Gasteiger partial charge >= 0.3 is 0 Å². The van der Waals surface area contributed by atoms with E-state index in [1.807, 2.05) is 31.2 Å². The number of carbonyl (C=O) groups is 1. The van der Waals surface area contributed by atoms with Crippen molar-refractivity contribution in [1.82, 2.24) is 5.16 Å². The molecule has 24 heavy (non-hydrogen) atoms. The van der Waals surface area contributed by atoms with E-state index in [1.54, 1.807) is 17.0 Å². The minimum atomic E-state index is -0.340. The summed E-state index contributed by atoms with van der Waals surface area (Å²) in [7, 11) is 0. The van der Waals surface area contributed by atoms with Gasteiger partial charge < -0.3 is 9.42 Å². The molecule has 4 nitrogen and oxygen atoms in total. The average Bonchev–Trinajstić information content (AvgIpc) is 3.18. The van der Waals surface area contributed by atoms with E-state index >= 15 is 0 Å². The summed E-state index contributed by atoms with van der Waals surface area (Å²) in [6.45, 7) is 2.02. The number of hydrogen-bond donors (Lipinski definition) is 0. The van der Waals surface area contributed by atoms with Crippen molar-refractivity contribution < 1.29 is 13.7 Å². The number of amides is 1. The SMILES string of the molecule is CC1Cc2ccccc2N1C(=O)c1cnoc1-c1ccc(F)cc1. The molecule has 4 rings (SSSR count). The number of anilines is 1. The molecule has 120 valence electrons. The highest BCUT2D eigenvalue weighted by molar-refractivity contribution is 6.10. The standard InChI is InChI=1S/C19H15FN2O2/c1-12-10-14-4-2-3-5-17(14)22(12)19(23)16-11-21-24-18(16)13-6-8-15(20)9-7-13/h2-9,11-12H,10H2,1H3. The van der Waals surface area contributed by atoms with Crippen LogP contribution in [0.2, 0.25) is 0 Å². The van der Waals surface area contributed by atoms with Gasteiger partial charge in [-0.05, 0) is 49.2 Å². The van der Waals surface area contributed by atoms with Crippen molar-refractivity contribution in [3.8, 4) is 11.3 Å². The van der Waals surface area contributed by atoms with Crippen LogP contribution in [0.25, 0.3) is 11.3 Å². The number of halogens is 1. The van der Waals surface area contributed by atoms with E-state index in [-0.39, 0.29) is 17.8 Å². The molecule has 1 aliphatic rings. The third-order valence-electron chi connectivity index (χ3n) is 4.33. The van der Waals surface area contributed by atoms with Gasteiger partial charge in [0, 0.05) is 17.3 Å². The largest absolute Gasteiger partial charge is 0.355 e. The van der Waals surface area contributed by atoms with Crippen LogP contribution in [0.1, 0.15) is 22.8 Å². The highest BCUT2D eigenvalue weighted by Gasteiger charge is 2.33. The van der Waals surface area contributed by atoms with Gasteiger partial charge in [0.05, 0.1) is 6.20 Å². The third kappa shape index (κ3) is 2.29. The molecule has 1 aliphatic heterocycles. The number of benzene rings is 2. The Morgan fingerprint density at radius 1 is 1.21 bits per heavy atom. The number of aromatic nitrogens is 1. The van der Waals surface area contributed by atoms with Crippen LogP contribution in [0.15, 0.2) is 59.3 Å². The summed E-state index contributed by atoms with van der Waals surface area (Å²) in [5.41, 5.74) is 3.07. The van der Waals surface area contributed by atoms with Crippen LogP contribution in [0, 0.1) is 5.82 Å². The van der Waals surface area contributed by atoms with E-state index in [2.05, 4.69) is 5.16 Å². The third-order valence-corrected chi connectivity index (χ3v) is 4.33. The van der Waals surface area contributed by atoms with Crippen molar-refractivity contribution >= 4 is 11.6 Å². The zero-order valence-corrected chi connectivity index (χ0v) is 13.1. The first-order chi connectivity index (χ1) is 11.6. The van der Waals surface area contributed by atoms with Crippen LogP contribution in [0.4, 0.5) is 10.1 Å². The zero-order chi connectivity index (χ0) is 16.7. The molecule has 0 bridgehead atoms. The topological polar surface area (TPSA) is 46.3 Å². The predicted octanol–water partition coefficient (Wildman–Crippen LogP) is 4.07. The Balaban J connectivity index is 1.74. The maximum Gasteiger partial charge on any atom is 0.264 e. The minimum absolute atomic E-state index is 0.0610. The average molecular weight is 322 g/mol. The van der Waals surface area contributed by atoms with Gasteiger partial charge in [0.2, 0.25) is 0 Å². The Labute approximate surface area is 138 Å². The first kappa shape index (κ1) is 14.6. The molecule has 0 saturated carbocycles. The van der Waals surface area contributed by atoms with Crippen molar-refractivity contribution in [2.75, 3.05) is 4.90 Å². The molecule has 1 aromatic heterocycles. The van der Waals surface area contributed by atoms with Crippen LogP contribution in [0.5, 0.6) is 0 Å². The second-order valence-electron chi connectivity index (χ2n) is 5.93. The smallest absolute Gasteiger partial charge is 0.264 e. The number of nitrogens with zero attached hydrogens (tertiary/aromatic N) is 2. The lowest BCUT2D eigenvalue weighted by Crippen LogP contribution is -2.35. The summed E-state index contributed by atoms with van der Waals surface area (Å²) in [5.74, 6) is -0.141. The molecular formula is C19H15FN2O2. The molecule has 5 heteroatoms. The first-order valence-corrected chi connectivity index (χ1v) is 7.77. The van der Waals surface area contributed by atoms with E-state index in [0.717, 1.165) is 17.7 Å². The van der Waals surface area contributed by atoms with Gasteiger partial charge in [0.25, 0.3) is 5.91 Å². The van der Waals surface area contributed by atoms with Crippen molar-refractivity contribution in [2.24, 2.45) is 0 Å². The molecule has 0 fully saturated rings. The van der Waals surface area contributed by atoms with Crippen LogP contribution in [-0.2, 0) is 6.42 Å². The quantitative estimate of drug-likeness (QED) is 0.714. The highest BCUT2D eigenvalue weighted by atomic mass is 19.1. The van der Waals surface area contributed by atoms with Crippen molar-refractivity contribution in [1.29, 1.82) is 0 Å². The van der Waals surface area contributed by atoms with E-state index in [0.29, 0.717) is 16.9 Å². The van der Waals surface area contributed by atoms with Gasteiger partial charge in [-0.3, -0.25) is 4.79 Å². The maximum absolute atomic E-state index is 13.1. The summed E-state index contributed by atoms with van der Waals surface area (Å²) < 4.78 is 18.4. The first-order valence-electron chi connectivity index (χ1n) is 7.77. The fourth-order valence-electron chi connectivity index (χ4n) is 3.21. The normalized spacial score (nSPS) is 16.2. The van der Waals surface area contributed by atoms with Gasteiger partial charge in [-0.25, -0.2) is 4.39 Å². The van der Waals surface area contributed by atoms with Crippen LogP contribution >= 0.6 is 0 Å². The molecule has 1 unspecified atom stereocenters. The fourth-order valence-corrected chi connectivity index (χ4v) is 3.21. The van der Waals surface area contributed by atoms with Gasteiger partial charge in [-0.15, -0.1) is 0 Å². The molecule has 0 radical (unpaired) electrons. The van der Waals surface area contributed by atoms with E-state index < -0.39 is 0 Å². The second-order valence-corrected chi connectivity index (χ2v) is 5.93. The molecule has 0 aliphatic carbocycles. The Morgan fingerprint density at radius 2 is 1.96 bits per heavy atom. The number of hydrogen-bond acceptors (Lipinski definition) is 3. The zero-order valence-electron chi connectivity index (χ0n) is 13.1. The second kappa shape index (κ2) is 5.60. The lowest BCUT2D eigenvalue weighted by Gasteiger charge is -2.22. The molecule has 2 heterocycles. The fraction of sp³-hybridized carbons (Fsp3) is 0.158. The maximum atomic E-state index is 13.1. The molecular weight excluding hydrogens is 307 g/mol. The number of rotatable bonds is 2. The predicted molar refractivity (Wildman–Crippen MR) is 88.3 cm³/mol. The van der Waals surface area contributed by atoms with Crippen molar-refractivity contribution in [3.63, 3.8) is 0 Å². The molecule has 0 N–H and O–H groups in total. The van der Waals surface area contributed by atoms with Gasteiger partial charge in [0.15, 0.2) is 5.76 Å². The number of para-hydroxylation sites is 1. The van der Waals surface area contributed by atoms with Crippen LogP contribution < -0.4 is 4.90 Å². The summed E-state index contributed by atoms with van der Waals surface area (Å²) >= 11 is 0. The Hall–Kier alpha value is -2.95. The van der Waals surface area contributed by atoms with E-state index in [4.69, 9.17) is 4.52 Å².